The topological polar surface area (TPSA) is 57.6 Å². The Balaban J connectivity index is 1.87. The standard InChI is InChI=1S/C23H23NO3S/c25-23(19-11-4-1-5-12-19,20-13-6-2-7-14-20)22-17-10-18-24(28(22,26)27)21-15-8-3-9-16-21/h1-9,11-16,22,25H,10,17-18H2/t22-/m1/s1. The summed E-state index contributed by atoms with van der Waals surface area (Å²) >= 11 is 0. The first kappa shape index (κ1) is 18.7. The number of hydrogen-bond acceptors (Lipinski definition) is 3. The highest BCUT2D eigenvalue weighted by Gasteiger charge is 2.51. The van der Waals surface area contributed by atoms with Gasteiger partial charge in [0, 0.05) is 6.54 Å². The molecule has 4 nitrogen and oxygen atoms in total. The molecule has 1 N–H and O–H groups in total. The molecule has 0 saturated carbocycles. The second-order valence-electron chi connectivity index (χ2n) is 7.08. The SMILES string of the molecule is O=S1(=O)[C@@H](C(O)(c2ccccc2)c2ccccc2)CCCN1c1ccccc1. The Morgan fingerprint density at radius 2 is 1.25 bits per heavy atom. The van der Waals surface area contributed by atoms with E-state index in [1.54, 1.807) is 36.4 Å². The van der Waals surface area contributed by atoms with Crippen LogP contribution in [-0.4, -0.2) is 25.3 Å². The number of anilines is 1. The number of aliphatic hydroxyl groups is 1. The van der Waals surface area contributed by atoms with Gasteiger partial charge in [-0.05, 0) is 36.1 Å². The number of benzene rings is 3. The third kappa shape index (κ3) is 3.11. The van der Waals surface area contributed by atoms with E-state index in [9.17, 15) is 13.5 Å². The highest BCUT2D eigenvalue weighted by atomic mass is 32.2. The maximum atomic E-state index is 13.7. The van der Waals surface area contributed by atoms with Crippen molar-refractivity contribution in [3.05, 3.63) is 102 Å². The minimum Gasteiger partial charge on any atom is -0.379 e. The van der Waals surface area contributed by atoms with Gasteiger partial charge in [0.25, 0.3) is 0 Å². The molecule has 1 heterocycles. The monoisotopic (exact) mass is 393 g/mol. The van der Waals surface area contributed by atoms with Gasteiger partial charge in [-0.1, -0.05) is 78.9 Å². The van der Waals surface area contributed by atoms with Gasteiger partial charge in [-0.15, -0.1) is 0 Å². The van der Waals surface area contributed by atoms with Crippen molar-refractivity contribution in [2.75, 3.05) is 10.8 Å². The zero-order valence-corrected chi connectivity index (χ0v) is 16.3. The first-order chi connectivity index (χ1) is 13.5. The van der Waals surface area contributed by atoms with Gasteiger partial charge in [0.1, 0.15) is 10.9 Å². The minimum atomic E-state index is -3.79. The third-order valence-electron chi connectivity index (χ3n) is 5.43. The van der Waals surface area contributed by atoms with Crippen molar-refractivity contribution in [3.63, 3.8) is 0 Å². The zero-order valence-electron chi connectivity index (χ0n) is 15.5. The van der Waals surface area contributed by atoms with Crippen molar-refractivity contribution < 1.29 is 13.5 Å². The highest BCUT2D eigenvalue weighted by Crippen LogP contribution is 2.42. The normalized spacial score (nSPS) is 19.3. The van der Waals surface area contributed by atoms with E-state index in [2.05, 4.69) is 0 Å². The highest BCUT2D eigenvalue weighted by molar-refractivity contribution is 7.93. The Morgan fingerprint density at radius 1 is 0.786 bits per heavy atom. The van der Waals surface area contributed by atoms with Crippen LogP contribution < -0.4 is 4.31 Å². The molecule has 0 unspecified atom stereocenters. The maximum absolute atomic E-state index is 13.7. The summed E-state index contributed by atoms with van der Waals surface area (Å²) < 4.78 is 28.8. The second-order valence-corrected chi connectivity index (χ2v) is 9.12. The van der Waals surface area contributed by atoms with Crippen LogP contribution in [0.15, 0.2) is 91.0 Å². The Morgan fingerprint density at radius 3 is 1.75 bits per heavy atom. The van der Waals surface area contributed by atoms with Gasteiger partial charge in [-0.3, -0.25) is 4.31 Å². The van der Waals surface area contributed by atoms with Crippen LogP contribution in [0.25, 0.3) is 0 Å². The maximum Gasteiger partial charge on any atom is 0.241 e. The lowest BCUT2D eigenvalue weighted by Gasteiger charge is -2.42. The number of sulfonamides is 1. The molecular weight excluding hydrogens is 370 g/mol. The molecule has 0 radical (unpaired) electrons. The average Bonchev–Trinajstić information content (AvgIpc) is 2.75. The molecule has 3 aromatic carbocycles. The molecule has 0 bridgehead atoms. The lowest BCUT2D eigenvalue weighted by Crippen LogP contribution is -2.54. The van der Waals surface area contributed by atoms with Gasteiger partial charge >= 0.3 is 0 Å². The van der Waals surface area contributed by atoms with Crippen molar-refractivity contribution >= 4 is 15.7 Å². The molecule has 0 amide bonds. The summed E-state index contributed by atoms with van der Waals surface area (Å²) in [5.74, 6) is 0. The molecule has 0 aliphatic carbocycles. The summed E-state index contributed by atoms with van der Waals surface area (Å²) in [7, 11) is -3.79. The van der Waals surface area contributed by atoms with Crippen molar-refractivity contribution in [3.8, 4) is 0 Å². The fourth-order valence-electron chi connectivity index (χ4n) is 4.07. The molecule has 4 rings (SSSR count). The Kier molecular flexibility index (Phi) is 4.96. The summed E-state index contributed by atoms with van der Waals surface area (Å²) in [5, 5.41) is 11.0. The first-order valence-electron chi connectivity index (χ1n) is 9.44. The van der Waals surface area contributed by atoms with Crippen LogP contribution in [0.4, 0.5) is 5.69 Å². The number of nitrogens with zero attached hydrogens (tertiary/aromatic N) is 1. The van der Waals surface area contributed by atoms with Crippen molar-refractivity contribution in [1.29, 1.82) is 0 Å². The molecule has 5 heteroatoms. The van der Waals surface area contributed by atoms with Gasteiger partial charge in [0.15, 0.2) is 0 Å². The zero-order chi connectivity index (χ0) is 19.6. The van der Waals surface area contributed by atoms with Gasteiger partial charge < -0.3 is 5.11 Å². The molecule has 0 aromatic heterocycles. The van der Waals surface area contributed by atoms with E-state index in [-0.39, 0.29) is 0 Å². The molecule has 28 heavy (non-hydrogen) atoms. The Bertz CT molecular complexity index is 982. The summed E-state index contributed by atoms with van der Waals surface area (Å²) in [6.07, 6.45) is 1.08. The van der Waals surface area contributed by atoms with Crippen LogP contribution >= 0.6 is 0 Å². The van der Waals surface area contributed by atoms with Crippen LogP contribution in [0, 0.1) is 0 Å². The van der Waals surface area contributed by atoms with Crippen LogP contribution in [0.3, 0.4) is 0 Å². The largest absolute Gasteiger partial charge is 0.379 e. The van der Waals surface area contributed by atoms with E-state index in [1.807, 2.05) is 54.6 Å². The van der Waals surface area contributed by atoms with Crippen molar-refractivity contribution in [2.45, 2.75) is 23.7 Å². The van der Waals surface area contributed by atoms with Crippen molar-refractivity contribution in [1.82, 2.24) is 0 Å². The minimum absolute atomic E-state index is 0.395. The summed E-state index contributed by atoms with van der Waals surface area (Å²) in [6.45, 7) is 0.419. The predicted octanol–water partition coefficient (Wildman–Crippen LogP) is 3.92. The molecular formula is C23H23NO3S. The molecule has 1 atom stereocenters. The van der Waals surface area contributed by atoms with Crippen LogP contribution in [0.5, 0.6) is 0 Å². The lowest BCUT2D eigenvalue weighted by molar-refractivity contribution is 0.0704. The molecule has 1 aliphatic rings. The molecule has 1 saturated heterocycles. The van der Waals surface area contributed by atoms with Crippen molar-refractivity contribution in [2.24, 2.45) is 0 Å². The van der Waals surface area contributed by atoms with E-state index in [4.69, 9.17) is 0 Å². The second kappa shape index (κ2) is 7.41. The average molecular weight is 394 g/mol. The Hall–Kier alpha value is -2.63. The van der Waals surface area contributed by atoms with E-state index in [0.29, 0.717) is 36.2 Å². The summed E-state index contributed by atoms with van der Waals surface area (Å²) in [6, 6.07) is 27.3. The molecule has 0 spiro atoms. The first-order valence-corrected chi connectivity index (χ1v) is 10.9. The molecule has 144 valence electrons. The van der Waals surface area contributed by atoms with E-state index < -0.39 is 20.9 Å². The number of rotatable bonds is 4. The van der Waals surface area contributed by atoms with Gasteiger partial charge in [-0.25, -0.2) is 8.42 Å². The quantitative estimate of drug-likeness (QED) is 0.731. The van der Waals surface area contributed by atoms with Crippen LogP contribution in [0.2, 0.25) is 0 Å². The van der Waals surface area contributed by atoms with Gasteiger partial charge in [-0.2, -0.15) is 0 Å². The lowest BCUT2D eigenvalue weighted by atomic mass is 9.81. The molecule has 1 fully saturated rings. The van der Waals surface area contributed by atoms with E-state index in [0.717, 1.165) is 0 Å². The molecule has 3 aromatic rings. The van der Waals surface area contributed by atoms with Gasteiger partial charge in [0.2, 0.25) is 10.0 Å². The Labute approximate surface area is 166 Å². The third-order valence-corrected chi connectivity index (χ3v) is 7.74. The molecule has 1 aliphatic heterocycles. The van der Waals surface area contributed by atoms with Gasteiger partial charge in [0.05, 0.1) is 5.69 Å². The van der Waals surface area contributed by atoms with E-state index in [1.165, 1.54) is 4.31 Å². The fourth-order valence-corrected chi connectivity index (χ4v) is 6.34. The summed E-state index contributed by atoms with van der Waals surface area (Å²) in [5.41, 5.74) is 0.180. The number of hydrogen-bond donors (Lipinski definition) is 1. The summed E-state index contributed by atoms with van der Waals surface area (Å²) in [4.78, 5) is 0. The van der Waals surface area contributed by atoms with Crippen LogP contribution in [0.1, 0.15) is 24.0 Å². The van der Waals surface area contributed by atoms with E-state index >= 15 is 0 Å². The fraction of sp³-hybridized carbons (Fsp3) is 0.217. The van der Waals surface area contributed by atoms with Crippen LogP contribution in [-0.2, 0) is 15.6 Å². The predicted molar refractivity (Wildman–Crippen MR) is 112 cm³/mol. The smallest absolute Gasteiger partial charge is 0.241 e. The number of para-hydroxylation sites is 1.